The lowest BCUT2D eigenvalue weighted by molar-refractivity contribution is -0.305. The third kappa shape index (κ3) is 23.3. The van der Waals surface area contributed by atoms with Crippen LogP contribution in [0.3, 0.4) is 0 Å². The minimum Gasteiger partial charge on any atom is -0.462 e. The van der Waals surface area contributed by atoms with Crippen molar-refractivity contribution >= 4 is 11.9 Å². The maximum Gasteiger partial charge on any atom is 0.306 e. The van der Waals surface area contributed by atoms with Gasteiger partial charge >= 0.3 is 11.9 Å². The van der Waals surface area contributed by atoms with Crippen LogP contribution in [0.1, 0.15) is 155 Å². The maximum atomic E-state index is 12.7. The fourth-order valence-corrected chi connectivity index (χ4v) is 5.69. The molecular weight excluding hydrogens is 628 g/mol. The Morgan fingerprint density at radius 1 is 0.633 bits per heavy atom. The molecule has 286 valence electrons. The Morgan fingerprint density at radius 3 is 1.73 bits per heavy atom. The van der Waals surface area contributed by atoms with Gasteiger partial charge in [0.1, 0.15) is 31.0 Å². The number of unbranched alkanes of at least 4 members (excludes halogenated alkanes) is 16. The van der Waals surface area contributed by atoms with Gasteiger partial charge in [0.25, 0.3) is 0 Å². The molecule has 0 radical (unpaired) electrons. The van der Waals surface area contributed by atoms with Crippen LogP contribution in [-0.4, -0.2) is 89.0 Å². The molecular formula is C39H70O10. The molecule has 0 aromatic rings. The van der Waals surface area contributed by atoms with Crippen LogP contribution in [-0.2, 0) is 28.5 Å². The number of allylic oxidation sites excluding steroid dienone is 4. The molecule has 0 bridgehead atoms. The number of aliphatic hydroxyl groups excluding tert-OH is 4. The summed E-state index contributed by atoms with van der Waals surface area (Å²) in [5.41, 5.74) is 0. The first-order valence-electron chi connectivity index (χ1n) is 19.4. The van der Waals surface area contributed by atoms with Crippen LogP contribution in [0.25, 0.3) is 0 Å². The van der Waals surface area contributed by atoms with Gasteiger partial charge in [-0.1, -0.05) is 122 Å². The van der Waals surface area contributed by atoms with Crippen LogP contribution in [0.4, 0.5) is 0 Å². The number of esters is 2. The van der Waals surface area contributed by atoms with Crippen molar-refractivity contribution in [2.75, 3.05) is 19.8 Å². The fraction of sp³-hybridized carbons (Fsp3) is 0.846. The molecule has 6 atom stereocenters. The van der Waals surface area contributed by atoms with Crippen molar-refractivity contribution in [1.82, 2.24) is 0 Å². The monoisotopic (exact) mass is 698 g/mol. The molecule has 1 saturated heterocycles. The number of carbonyl (C=O) groups excluding carboxylic acids is 2. The second kappa shape index (κ2) is 31.0. The van der Waals surface area contributed by atoms with Crippen molar-refractivity contribution in [2.45, 2.75) is 192 Å². The molecule has 0 aromatic carbocycles. The molecule has 0 amide bonds. The average molecular weight is 699 g/mol. The van der Waals surface area contributed by atoms with Crippen molar-refractivity contribution in [2.24, 2.45) is 0 Å². The second-order valence-corrected chi connectivity index (χ2v) is 13.4. The van der Waals surface area contributed by atoms with Crippen LogP contribution >= 0.6 is 0 Å². The van der Waals surface area contributed by atoms with Gasteiger partial charge in [-0.3, -0.25) is 9.59 Å². The summed E-state index contributed by atoms with van der Waals surface area (Å²) in [5, 5.41) is 39.8. The van der Waals surface area contributed by atoms with Crippen molar-refractivity contribution in [3.05, 3.63) is 24.3 Å². The highest BCUT2D eigenvalue weighted by atomic mass is 16.7. The first kappa shape index (κ1) is 45.2. The maximum absolute atomic E-state index is 12.7. The molecule has 0 aliphatic carbocycles. The fourth-order valence-electron chi connectivity index (χ4n) is 5.69. The molecule has 0 spiro atoms. The van der Waals surface area contributed by atoms with Crippen molar-refractivity contribution in [3.8, 4) is 0 Å². The van der Waals surface area contributed by atoms with E-state index in [9.17, 15) is 30.0 Å². The Labute approximate surface area is 296 Å². The zero-order chi connectivity index (χ0) is 36.0. The topological polar surface area (TPSA) is 152 Å². The van der Waals surface area contributed by atoms with Gasteiger partial charge in [0.05, 0.1) is 13.2 Å². The van der Waals surface area contributed by atoms with Gasteiger partial charge in [-0.25, -0.2) is 0 Å². The summed E-state index contributed by atoms with van der Waals surface area (Å²) < 4.78 is 22.0. The van der Waals surface area contributed by atoms with Crippen LogP contribution in [0.2, 0.25) is 0 Å². The SMILES string of the molecule is CCCCC/C=C/C/C=C/CCCCCCCCCC(=O)O[C@H](COC(=O)CCCCCCCCC)CO[C@H]1O[C@@H](CO)[C@@H](O)C(O)C1O. The predicted molar refractivity (Wildman–Crippen MR) is 192 cm³/mol. The van der Waals surface area contributed by atoms with Gasteiger partial charge in [0, 0.05) is 12.8 Å². The molecule has 49 heavy (non-hydrogen) atoms. The lowest BCUT2D eigenvalue weighted by atomic mass is 9.99. The van der Waals surface area contributed by atoms with E-state index in [0.29, 0.717) is 6.42 Å². The average Bonchev–Trinajstić information content (AvgIpc) is 3.10. The smallest absolute Gasteiger partial charge is 0.306 e. The van der Waals surface area contributed by atoms with Crippen molar-refractivity contribution in [3.63, 3.8) is 0 Å². The summed E-state index contributed by atoms with van der Waals surface area (Å²) in [4.78, 5) is 25.0. The Kier molecular flexibility index (Phi) is 28.6. The van der Waals surface area contributed by atoms with Crippen LogP contribution in [0.15, 0.2) is 24.3 Å². The van der Waals surface area contributed by atoms with Gasteiger partial charge < -0.3 is 39.4 Å². The van der Waals surface area contributed by atoms with Gasteiger partial charge in [-0.2, -0.15) is 0 Å². The molecule has 10 heteroatoms. The van der Waals surface area contributed by atoms with E-state index < -0.39 is 49.4 Å². The van der Waals surface area contributed by atoms with Gasteiger partial charge in [-0.15, -0.1) is 0 Å². The standard InChI is InChI=1S/C39H70O10/c1-3-5-7-9-11-12-13-14-15-16-17-18-19-20-22-24-26-28-35(42)48-32(30-46-34(41)27-25-23-21-10-8-6-4-2)31-47-39-38(45)37(44)36(43)33(29-40)49-39/h11-12,14-15,32-33,36-40,43-45H,3-10,13,16-31H2,1-2H3/b12-11+,15-14+/t32-,33+,36-,37?,38?,39+/m1/s1. The summed E-state index contributed by atoms with van der Waals surface area (Å²) in [7, 11) is 0. The van der Waals surface area contributed by atoms with Gasteiger partial charge in [-0.05, 0) is 44.9 Å². The second-order valence-electron chi connectivity index (χ2n) is 13.4. The van der Waals surface area contributed by atoms with Crippen molar-refractivity contribution < 1.29 is 49.0 Å². The van der Waals surface area contributed by atoms with Gasteiger partial charge in [0.2, 0.25) is 0 Å². The molecule has 2 unspecified atom stereocenters. The minimum atomic E-state index is -1.59. The van der Waals surface area contributed by atoms with Crippen LogP contribution in [0.5, 0.6) is 0 Å². The zero-order valence-corrected chi connectivity index (χ0v) is 30.7. The van der Waals surface area contributed by atoms with E-state index in [1.54, 1.807) is 0 Å². The lowest BCUT2D eigenvalue weighted by Gasteiger charge is -2.39. The summed E-state index contributed by atoms with van der Waals surface area (Å²) >= 11 is 0. The summed E-state index contributed by atoms with van der Waals surface area (Å²) in [5.74, 6) is -0.822. The molecule has 1 aliphatic heterocycles. The molecule has 10 nitrogen and oxygen atoms in total. The largest absolute Gasteiger partial charge is 0.462 e. The molecule has 1 rings (SSSR count). The first-order valence-corrected chi connectivity index (χ1v) is 19.4. The van der Waals surface area contributed by atoms with E-state index in [2.05, 4.69) is 38.2 Å². The Hall–Kier alpha value is -1.82. The van der Waals surface area contributed by atoms with Crippen molar-refractivity contribution in [1.29, 1.82) is 0 Å². The normalized spacial score (nSPS) is 21.8. The molecule has 4 N–H and O–H groups in total. The Morgan fingerprint density at radius 2 is 1.14 bits per heavy atom. The van der Waals surface area contributed by atoms with E-state index >= 15 is 0 Å². The highest BCUT2D eigenvalue weighted by Crippen LogP contribution is 2.22. The number of rotatable bonds is 31. The highest BCUT2D eigenvalue weighted by molar-refractivity contribution is 5.70. The third-order valence-electron chi connectivity index (χ3n) is 8.84. The number of aliphatic hydroxyl groups is 4. The zero-order valence-electron chi connectivity index (χ0n) is 30.7. The number of carbonyl (C=O) groups is 2. The molecule has 0 aromatic heterocycles. The quantitative estimate of drug-likeness (QED) is 0.0339. The summed E-state index contributed by atoms with van der Waals surface area (Å²) in [6.07, 6.45) is 23.5. The lowest BCUT2D eigenvalue weighted by Crippen LogP contribution is -2.59. The summed E-state index contributed by atoms with van der Waals surface area (Å²) in [6, 6.07) is 0. The third-order valence-corrected chi connectivity index (χ3v) is 8.84. The van der Waals surface area contributed by atoms with E-state index in [1.807, 2.05) is 0 Å². The number of hydrogen-bond acceptors (Lipinski definition) is 10. The van der Waals surface area contributed by atoms with E-state index in [4.69, 9.17) is 18.9 Å². The molecule has 1 aliphatic rings. The van der Waals surface area contributed by atoms with E-state index in [-0.39, 0.29) is 32.0 Å². The summed E-state index contributed by atoms with van der Waals surface area (Å²) in [6.45, 7) is 3.32. The Balaban J connectivity index is 2.36. The molecule has 1 fully saturated rings. The first-order chi connectivity index (χ1) is 23.8. The van der Waals surface area contributed by atoms with E-state index in [0.717, 1.165) is 57.8 Å². The van der Waals surface area contributed by atoms with Crippen LogP contribution in [0, 0.1) is 0 Å². The Bertz CT molecular complexity index is 861. The molecule has 1 heterocycles. The van der Waals surface area contributed by atoms with E-state index in [1.165, 1.54) is 64.2 Å². The molecule has 0 saturated carbocycles. The number of ether oxygens (including phenoxy) is 4. The predicted octanol–water partition coefficient (Wildman–Crippen LogP) is 6.99. The number of hydrogen-bond donors (Lipinski definition) is 4. The van der Waals surface area contributed by atoms with Gasteiger partial charge in [0.15, 0.2) is 12.4 Å². The minimum absolute atomic E-state index is 0.219. The highest BCUT2D eigenvalue weighted by Gasteiger charge is 2.44. The van der Waals surface area contributed by atoms with Crippen LogP contribution < -0.4 is 0 Å².